The second-order valence-corrected chi connectivity index (χ2v) is 4.07. The molecule has 3 N–H and O–H groups in total. The molecule has 7 nitrogen and oxygen atoms in total. The van der Waals surface area contributed by atoms with E-state index in [-0.39, 0.29) is 6.54 Å². The van der Waals surface area contributed by atoms with Crippen molar-refractivity contribution in [3.8, 4) is 5.75 Å². The average molecular weight is 263 g/mol. The van der Waals surface area contributed by atoms with Crippen LogP contribution >= 0.6 is 0 Å². The first-order valence-electron chi connectivity index (χ1n) is 5.75. The fourth-order valence-corrected chi connectivity index (χ4v) is 1.77. The molecule has 1 aromatic rings. The highest BCUT2D eigenvalue weighted by Gasteiger charge is 2.34. The highest BCUT2D eigenvalue weighted by molar-refractivity contribution is 5.86. The molecule has 0 spiro atoms. The summed E-state index contributed by atoms with van der Waals surface area (Å²) in [6.45, 7) is 2.24. The van der Waals surface area contributed by atoms with Crippen LogP contribution in [0.4, 0.5) is 0 Å². The summed E-state index contributed by atoms with van der Waals surface area (Å²) in [5, 5.41) is 6.41. The van der Waals surface area contributed by atoms with Crippen LogP contribution in [0.1, 0.15) is 12.5 Å². The lowest BCUT2D eigenvalue weighted by atomic mass is 9.90. The lowest BCUT2D eigenvalue weighted by molar-refractivity contribution is -0.124. The SMILES string of the molecule is COc1ccccc1C(C)(NCCN=[N+]=[N-])C(N)=O. The smallest absolute Gasteiger partial charge is 0.242 e. The number of methoxy groups -OCH3 is 1. The second-order valence-electron chi connectivity index (χ2n) is 4.07. The van der Waals surface area contributed by atoms with Gasteiger partial charge in [0, 0.05) is 23.6 Å². The Bertz CT molecular complexity index is 499. The Labute approximate surface area is 111 Å². The second kappa shape index (κ2) is 6.63. The number of para-hydroxylation sites is 1. The third kappa shape index (κ3) is 3.37. The van der Waals surface area contributed by atoms with E-state index in [1.54, 1.807) is 25.1 Å². The molecule has 0 saturated carbocycles. The van der Waals surface area contributed by atoms with E-state index in [4.69, 9.17) is 16.0 Å². The van der Waals surface area contributed by atoms with E-state index in [0.29, 0.717) is 17.9 Å². The van der Waals surface area contributed by atoms with Crippen LogP contribution in [0.3, 0.4) is 0 Å². The van der Waals surface area contributed by atoms with E-state index in [0.717, 1.165) is 0 Å². The van der Waals surface area contributed by atoms with Gasteiger partial charge in [-0.1, -0.05) is 23.3 Å². The summed E-state index contributed by atoms with van der Waals surface area (Å²) >= 11 is 0. The quantitative estimate of drug-likeness (QED) is 0.334. The van der Waals surface area contributed by atoms with Crippen LogP contribution in [-0.4, -0.2) is 26.1 Å². The Hall–Kier alpha value is -2.24. The predicted molar refractivity (Wildman–Crippen MR) is 71.6 cm³/mol. The van der Waals surface area contributed by atoms with E-state index in [1.807, 2.05) is 6.07 Å². The van der Waals surface area contributed by atoms with E-state index in [1.165, 1.54) is 7.11 Å². The first kappa shape index (κ1) is 14.8. The van der Waals surface area contributed by atoms with Gasteiger partial charge in [0.2, 0.25) is 5.91 Å². The molecule has 7 heteroatoms. The lowest BCUT2D eigenvalue weighted by Gasteiger charge is -2.29. The topological polar surface area (TPSA) is 113 Å². The summed E-state index contributed by atoms with van der Waals surface area (Å²) in [7, 11) is 1.53. The molecule has 19 heavy (non-hydrogen) atoms. The van der Waals surface area contributed by atoms with Crippen molar-refractivity contribution < 1.29 is 9.53 Å². The summed E-state index contributed by atoms with van der Waals surface area (Å²) in [6, 6.07) is 7.13. The highest BCUT2D eigenvalue weighted by Crippen LogP contribution is 2.29. The van der Waals surface area contributed by atoms with Gasteiger partial charge in [0.05, 0.1) is 7.11 Å². The number of nitrogens with one attached hydrogen (secondary N) is 1. The first-order chi connectivity index (χ1) is 9.06. The van der Waals surface area contributed by atoms with E-state index >= 15 is 0 Å². The van der Waals surface area contributed by atoms with Gasteiger partial charge < -0.3 is 10.5 Å². The van der Waals surface area contributed by atoms with Crippen molar-refractivity contribution in [3.63, 3.8) is 0 Å². The van der Waals surface area contributed by atoms with Crippen LogP contribution < -0.4 is 15.8 Å². The van der Waals surface area contributed by atoms with Gasteiger partial charge in [-0.15, -0.1) is 0 Å². The van der Waals surface area contributed by atoms with Crippen molar-refractivity contribution >= 4 is 5.91 Å². The summed E-state index contributed by atoms with van der Waals surface area (Å²) in [4.78, 5) is 14.4. The van der Waals surface area contributed by atoms with Gasteiger partial charge in [0.15, 0.2) is 0 Å². The Balaban J connectivity index is 3.04. The van der Waals surface area contributed by atoms with Crippen molar-refractivity contribution in [1.82, 2.24) is 5.32 Å². The minimum absolute atomic E-state index is 0.231. The summed E-state index contributed by atoms with van der Waals surface area (Å²) in [6.07, 6.45) is 0. The molecule has 0 radical (unpaired) electrons. The van der Waals surface area contributed by atoms with Crippen molar-refractivity contribution in [2.75, 3.05) is 20.2 Å². The van der Waals surface area contributed by atoms with Gasteiger partial charge >= 0.3 is 0 Å². The number of ether oxygens (including phenoxy) is 1. The zero-order valence-electron chi connectivity index (χ0n) is 11.0. The molecular formula is C12H17N5O2. The van der Waals surface area contributed by atoms with Crippen molar-refractivity contribution in [3.05, 3.63) is 40.3 Å². The molecule has 1 aromatic carbocycles. The number of rotatable bonds is 7. The van der Waals surface area contributed by atoms with Crippen LogP contribution in [0.25, 0.3) is 10.4 Å². The molecule has 0 saturated heterocycles. The fourth-order valence-electron chi connectivity index (χ4n) is 1.77. The third-order valence-corrected chi connectivity index (χ3v) is 2.89. The van der Waals surface area contributed by atoms with Gasteiger partial charge in [-0.3, -0.25) is 10.1 Å². The maximum atomic E-state index is 11.8. The number of hydrogen-bond acceptors (Lipinski definition) is 4. The highest BCUT2D eigenvalue weighted by atomic mass is 16.5. The Morgan fingerprint density at radius 1 is 1.58 bits per heavy atom. The predicted octanol–water partition coefficient (Wildman–Crippen LogP) is 1.30. The molecule has 1 rings (SSSR count). The van der Waals surface area contributed by atoms with Crippen LogP contribution in [0.15, 0.2) is 29.4 Å². The Morgan fingerprint density at radius 2 is 2.26 bits per heavy atom. The summed E-state index contributed by atoms with van der Waals surface area (Å²) in [5.41, 5.74) is 13.3. The van der Waals surface area contributed by atoms with Gasteiger partial charge in [-0.2, -0.15) is 0 Å². The molecule has 1 unspecified atom stereocenters. The minimum Gasteiger partial charge on any atom is -0.496 e. The molecule has 0 bridgehead atoms. The fraction of sp³-hybridized carbons (Fsp3) is 0.417. The maximum Gasteiger partial charge on any atom is 0.242 e. The van der Waals surface area contributed by atoms with Gasteiger partial charge in [0.25, 0.3) is 0 Å². The van der Waals surface area contributed by atoms with Gasteiger partial charge in [-0.25, -0.2) is 0 Å². The van der Waals surface area contributed by atoms with Crippen molar-refractivity contribution in [2.45, 2.75) is 12.5 Å². The zero-order chi connectivity index (χ0) is 14.3. The normalized spacial score (nSPS) is 13.2. The maximum absolute atomic E-state index is 11.8. The van der Waals surface area contributed by atoms with E-state index in [9.17, 15) is 4.79 Å². The molecule has 0 aliphatic rings. The van der Waals surface area contributed by atoms with E-state index in [2.05, 4.69) is 15.3 Å². The Morgan fingerprint density at radius 3 is 2.84 bits per heavy atom. The standard InChI is InChI=1S/C12H17N5O2/c1-12(11(13)18,15-7-8-16-17-14)9-5-3-4-6-10(9)19-2/h3-6,15H,7-8H2,1-2H3,(H2,13,18). The monoisotopic (exact) mass is 263 g/mol. The molecule has 0 aromatic heterocycles. The molecule has 0 fully saturated rings. The van der Waals surface area contributed by atoms with Gasteiger partial charge in [0.1, 0.15) is 11.3 Å². The van der Waals surface area contributed by atoms with Crippen molar-refractivity contribution in [2.24, 2.45) is 10.8 Å². The minimum atomic E-state index is -1.09. The molecular weight excluding hydrogens is 246 g/mol. The van der Waals surface area contributed by atoms with Gasteiger partial charge in [-0.05, 0) is 18.5 Å². The zero-order valence-corrected chi connectivity index (χ0v) is 11.0. The molecule has 0 aliphatic carbocycles. The number of nitrogens with zero attached hydrogens (tertiary/aromatic N) is 3. The largest absolute Gasteiger partial charge is 0.496 e. The summed E-state index contributed by atoms with van der Waals surface area (Å²) in [5.74, 6) is 0.0398. The number of benzene rings is 1. The van der Waals surface area contributed by atoms with E-state index < -0.39 is 11.4 Å². The molecule has 102 valence electrons. The summed E-state index contributed by atoms with van der Waals surface area (Å²) < 4.78 is 5.24. The number of carbonyl (C=O) groups excluding carboxylic acids is 1. The number of azide groups is 1. The van der Waals surface area contributed by atoms with Crippen LogP contribution in [0, 0.1) is 0 Å². The number of amides is 1. The first-order valence-corrected chi connectivity index (χ1v) is 5.75. The van der Waals surface area contributed by atoms with Crippen LogP contribution in [-0.2, 0) is 10.3 Å². The third-order valence-electron chi connectivity index (χ3n) is 2.89. The Kier molecular flexibility index (Phi) is 5.17. The average Bonchev–Trinajstić information content (AvgIpc) is 2.43. The lowest BCUT2D eigenvalue weighted by Crippen LogP contribution is -2.51. The number of primary amides is 1. The van der Waals surface area contributed by atoms with Crippen LogP contribution in [0.5, 0.6) is 5.75 Å². The molecule has 1 atom stereocenters. The molecule has 1 amide bonds. The molecule has 0 heterocycles. The number of hydrogen-bond donors (Lipinski definition) is 2. The van der Waals surface area contributed by atoms with Crippen molar-refractivity contribution in [1.29, 1.82) is 0 Å². The van der Waals surface area contributed by atoms with Crippen LogP contribution in [0.2, 0.25) is 0 Å². The number of carbonyl (C=O) groups is 1. The molecule has 0 aliphatic heterocycles. The number of nitrogens with two attached hydrogens (primary N) is 1.